The van der Waals surface area contributed by atoms with E-state index in [2.05, 4.69) is 52.1 Å². The number of hydrogen-bond acceptors (Lipinski definition) is 3. The third-order valence-electron chi connectivity index (χ3n) is 3.66. The van der Waals surface area contributed by atoms with E-state index in [1.165, 1.54) is 5.56 Å². The second kappa shape index (κ2) is 6.66. The van der Waals surface area contributed by atoms with E-state index >= 15 is 0 Å². The van der Waals surface area contributed by atoms with Gasteiger partial charge in [-0.3, -0.25) is 4.90 Å². The number of hydrogen-bond donors (Lipinski definition) is 1. The zero-order valence-corrected chi connectivity index (χ0v) is 12.4. The second-order valence-electron chi connectivity index (χ2n) is 4.97. The van der Waals surface area contributed by atoms with Crippen molar-refractivity contribution in [3.8, 4) is 0 Å². The van der Waals surface area contributed by atoms with Gasteiger partial charge in [0.05, 0.1) is 6.61 Å². The van der Waals surface area contributed by atoms with Crippen molar-refractivity contribution in [2.75, 3.05) is 26.8 Å². The molecule has 0 saturated carbocycles. The number of halogens is 1. The zero-order chi connectivity index (χ0) is 13.0. The molecule has 18 heavy (non-hydrogen) atoms. The molecule has 2 rings (SSSR count). The molecule has 0 bridgehead atoms. The number of nitrogens with zero attached hydrogens (tertiary/aromatic N) is 1. The predicted octanol–water partition coefficient (Wildman–Crippen LogP) is 2.24. The highest BCUT2D eigenvalue weighted by atomic mass is 79.9. The third-order valence-corrected chi connectivity index (χ3v) is 4.19. The third kappa shape index (κ3) is 3.54. The molecular formula is C14H21BrN2O. The molecule has 4 heteroatoms. The van der Waals surface area contributed by atoms with Gasteiger partial charge in [-0.25, -0.2) is 0 Å². The summed E-state index contributed by atoms with van der Waals surface area (Å²) in [7, 11) is 2.15. The second-order valence-corrected chi connectivity index (χ2v) is 5.88. The molecular weight excluding hydrogens is 292 g/mol. The molecule has 1 saturated heterocycles. The van der Waals surface area contributed by atoms with E-state index in [4.69, 9.17) is 10.5 Å². The Balaban J connectivity index is 1.96. The van der Waals surface area contributed by atoms with Crippen LogP contribution in [-0.2, 0) is 11.3 Å². The smallest absolute Gasteiger partial charge is 0.0510 e. The number of likely N-dealkylation sites (N-methyl/N-ethyl adjacent to an activating group) is 1. The Morgan fingerprint density at radius 2 is 2.17 bits per heavy atom. The van der Waals surface area contributed by atoms with Crippen molar-refractivity contribution in [1.82, 2.24) is 4.90 Å². The summed E-state index contributed by atoms with van der Waals surface area (Å²) >= 11 is 3.46. The lowest BCUT2D eigenvalue weighted by atomic mass is 9.97. The molecule has 1 heterocycles. The first-order valence-electron chi connectivity index (χ1n) is 6.43. The minimum Gasteiger partial charge on any atom is -0.381 e. The van der Waals surface area contributed by atoms with E-state index in [0.717, 1.165) is 30.7 Å². The summed E-state index contributed by atoms with van der Waals surface area (Å²) < 4.78 is 6.59. The lowest BCUT2D eigenvalue weighted by Crippen LogP contribution is -2.43. The van der Waals surface area contributed by atoms with Gasteiger partial charge in [-0.1, -0.05) is 28.1 Å². The van der Waals surface area contributed by atoms with Gasteiger partial charge in [0.2, 0.25) is 0 Å². The highest BCUT2D eigenvalue weighted by Gasteiger charge is 2.27. The molecule has 1 fully saturated rings. The zero-order valence-electron chi connectivity index (χ0n) is 10.8. The molecule has 0 aromatic heterocycles. The van der Waals surface area contributed by atoms with E-state index < -0.39 is 0 Å². The van der Waals surface area contributed by atoms with E-state index in [1.807, 2.05) is 0 Å². The lowest BCUT2D eigenvalue weighted by molar-refractivity contribution is 0.136. The average Bonchev–Trinajstić information content (AvgIpc) is 2.87. The summed E-state index contributed by atoms with van der Waals surface area (Å²) in [5.41, 5.74) is 7.24. The largest absolute Gasteiger partial charge is 0.381 e. The highest BCUT2D eigenvalue weighted by molar-refractivity contribution is 9.10. The van der Waals surface area contributed by atoms with Gasteiger partial charge in [-0.05, 0) is 31.2 Å². The van der Waals surface area contributed by atoms with Crippen molar-refractivity contribution in [3.05, 3.63) is 34.3 Å². The van der Waals surface area contributed by atoms with Crippen molar-refractivity contribution in [2.24, 2.45) is 11.7 Å². The predicted molar refractivity (Wildman–Crippen MR) is 77.4 cm³/mol. The summed E-state index contributed by atoms with van der Waals surface area (Å²) in [6.45, 7) is 3.37. The fraction of sp³-hybridized carbons (Fsp3) is 0.571. The van der Waals surface area contributed by atoms with Crippen molar-refractivity contribution in [2.45, 2.75) is 19.0 Å². The van der Waals surface area contributed by atoms with Crippen LogP contribution < -0.4 is 5.73 Å². The van der Waals surface area contributed by atoms with Crippen LogP contribution in [0.15, 0.2) is 28.7 Å². The SMILES string of the molecule is CN(Cc1ccc(Br)cc1)C(CN)C1CCOC1. The van der Waals surface area contributed by atoms with Crippen LogP contribution in [0.5, 0.6) is 0 Å². The molecule has 2 unspecified atom stereocenters. The van der Waals surface area contributed by atoms with Crippen molar-refractivity contribution < 1.29 is 4.74 Å². The number of rotatable bonds is 5. The van der Waals surface area contributed by atoms with Gasteiger partial charge in [-0.15, -0.1) is 0 Å². The van der Waals surface area contributed by atoms with Gasteiger partial charge in [0.1, 0.15) is 0 Å². The van der Waals surface area contributed by atoms with E-state index in [-0.39, 0.29) is 0 Å². The van der Waals surface area contributed by atoms with Gasteiger partial charge >= 0.3 is 0 Å². The van der Waals surface area contributed by atoms with Gasteiger partial charge < -0.3 is 10.5 Å². The Morgan fingerprint density at radius 1 is 1.44 bits per heavy atom. The maximum Gasteiger partial charge on any atom is 0.0510 e. The van der Waals surface area contributed by atoms with Crippen LogP contribution in [0.2, 0.25) is 0 Å². The monoisotopic (exact) mass is 312 g/mol. The highest BCUT2D eigenvalue weighted by Crippen LogP contribution is 2.21. The van der Waals surface area contributed by atoms with Crippen molar-refractivity contribution in [3.63, 3.8) is 0 Å². The molecule has 0 spiro atoms. The molecule has 1 aliphatic heterocycles. The first-order valence-corrected chi connectivity index (χ1v) is 7.22. The van der Waals surface area contributed by atoms with Gasteiger partial charge in [0.25, 0.3) is 0 Å². The summed E-state index contributed by atoms with van der Waals surface area (Å²) in [6, 6.07) is 8.88. The van der Waals surface area contributed by atoms with Gasteiger partial charge in [0, 0.05) is 36.1 Å². The van der Waals surface area contributed by atoms with Crippen LogP contribution >= 0.6 is 15.9 Å². The Bertz CT molecular complexity index is 363. The molecule has 2 atom stereocenters. The summed E-state index contributed by atoms with van der Waals surface area (Å²) in [4.78, 5) is 2.35. The van der Waals surface area contributed by atoms with Crippen molar-refractivity contribution in [1.29, 1.82) is 0 Å². The lowest BCUT2D eigenvalue weighted by Gasteiger charge is -2.31. The Hall–Kier alpha value is -0.420. The van der Waals surface area contributed by atoms with Crippen molar-refractivity contribution >= 4 is 15.9 Å². The van der Waals surface area contributed by atoms with Crippen LogP contribution in [0.1, 0.15) is 12.0 Å². The van der Waals surface area contributed by atoms with E-state index in [9.17, 15) is 0 Å². The number of benzene rings is 1. The molecule has 1 aliphatic rings. The van der Waals surface area contributed by atoms with Gasteiger partial charge in [0.15, 0.2) is 0 Å². The topological polar surface area (TPSA) is 38.5 Å². The van der Waals surface area contributed by atoms with Crippen LogP contribution in [0.25, 0.3) is 0 Å². The molecule has 1 aromatic carbocycles. The standard InChI is InChI=1S/C14H21BrN2O/c1-17(9-11-2-4-13(15)5-3-11)14(8-16)12-6-7-18-10-12/h2-5,12,14H,6-10,16H2,1H3. The van der Waals surface area contributed by atoms with Gasteiger partial charge in [-0.2, -0.15) is 0 Å². The van der Waals surface area contributed by atoms with Crippen LogP contribution in [0, 0.1) is 5.92 Å². The molecule has 100 valence electrons. The maximum atomic E-state index is 5.93. The first-order chi connectivity index (χ1) is 8.70. The van der Waals surface area contributed by atoms with Crippen LogP contribution in [-0.4, -0.2) is 37.7 Å². The normalized spacial score (nSPS) is 21.4. The maximum absolute atomic E-state index is 5.93. The number of nitrogens with two attached hydrogens (primary N) is 1. The first kappa shape index (κ1) is 14.0. The quantitative estimate of drug-likeness (QED) is 0.906. The Labute approximate surface area is 117 Å². The number of ether oxygens (including phenoxy) is 1. The summed E-state index contributed by atoms with van der Waals surface area (Å²) in [5.74, 6) is 0.579. The average molecular weight is 313 g/mol. The summed E-state index contributed by atoms with van der Waals surface area (Å²) in [5, 5.41) is 0. The van der Waals surface area contributed by atoms with E-state index in [1.54, 1.807) is 0 Å². The Kier molecular flexibility index (Phi) is 5.18. The fourth-order valence-electron chi connectivity index (χ4n) is 2.58. The Morgan fingerprint density at radius 3 is 2.72 bits per heavy atom. The summed E-state index contributed by atoms with van der Waals surface area (Å²) in [6.07, 6.45) is 1.13. The molecule has 2 N–H and O–H groups in total. The van der Waals surface area contributed by atoms with Crippen LogP contribution in [0.3, 0.4) is 0 Å². The van der Waals surface area contributed by atoms with E-state index in [0.29, 0.717) is 18.5 Å². The molecule has 1 aromatic rings. The molecule has 0 amide bonds. The molecule has 0 aliphatic carbocycles. The minimum atomic E-state index is 0.413. The fourth-order valence-corrected chi connectivity index (χ4v) is 2.85. The minimum absolute atomic E-state index is 0.413. The molecule has 0 radical (unpaired) electrons. The van der Waals surface area contributed by atoms with Crippen LogP contribution in [0.4, 0.5) is 0 Å². The molecule has 3 nitrogen and oxygen atoms in total.